The first-order chi connectivity index (χ1) is 14.3. The van der Waals surface area contributed by atoms with Gasteiger partial charge in [0, 0.05) is 12.0 Å². The zero-order chi connectivity index (χ0) is 21.8. The SMILES string of the molecule is CCOC(=O)C[C@H]1CC[C@@H](c2ccc(-c3nc(C(N)=O)c(C)nc3C)cc2F)CC1. The van der Waals surface area contributed by atoms with Crippen molar-refractivity contribution < 1.29 is 18.7 Å². The standard InChI is InChI=1S/C23H28FN3O3/c1-4-30-20(28)11-15-5-7-16(8-6-15)18-10-9-17(12-19(18)24)21-13(2)26-14(3)22(27-21)23(25)29/h9-10,12,15-16H,4-8,11H2,1-3H3,(H2,25,29)/t15-,16+. The minimum Gasteiger partial charge on any atom is -0.466 e. The normalized spacial score (nSPS) is 18.8. The van der Waals surface area contributed by atoms with E-state index >= 15 is 0 Å². The summed E-state index contributed by atoms with van der Waals surface area (Å²) >= 11 is 0. The van der Waals surface area contributed by atoms with Crippen molar-refractivity contribution in [3.8, 4) is 11.3 Å². The zero-order valence-corrected chi connectivity index (χ0v) is 17.7. The lowest BCUT2D eigenvalue weighted by Crippen LogP contribution is -2.18. The number of nitrogens with zero attached hydrogens (tertiary/aromatic N) is 2. The lowest BCUT2D eigenvalue weighted by atomic mass is 9.77. The van der Waals surface area contributed by atoms with E-state index in [9.17, 15) is 14.0 Å². The molecule has 1 fully saturated rings. The number of aryl methyl sites for hydroxylation is 2. The minimum absolute atomic E-state index is 0.0972. The molecule has 2 N–H and O–H groups in total. The monoisotopic (exact) mass is 413 g/mol. The van der Waals surface area contributed by atoms with Crippen molar-refractivity contribution >= 4 is 11.9 Å². The molecule has 0 unspecified atom stereocenters. The maximum Gasteiger partial charge on any atom is 0.306 e. The number of carbonyl (C=O) groups excluding carboxylic acids is 2. The number of halogens is 1. The molecule has 0 atom stereocenters. The van der Waals surface area contributed by atoms with Crippen LogP contribution in [-0.4, -0.2) is 28.5 Å². The third-order valence-corrected chi connectivity index (χ3v) is 5.80. The van der Waals surface area contributed by atoms with Crippen LogP contribution >= 0.6 is 0 Å². The number of aromatic nitrogens is 2. The Morgan fingerprint density at radius 1 is 1.13 bits per heavy atom. The Morgan fingerprint density at radius 2 is 1.83 bits per heavy atom. The van der Waals surface area contributed by atoms with Crippen LogP contribution in [-0.2, 0) is 9.53 Å². The van der Waals surface area contributed by atoms with Gasteiger partial charge in [0.2, 0.25) is 0 Å². The topological polar surface area (TPSA) is 95.2 Å². The number of nitrogens with two attached hydrogens (primary N) is 1. The average molecular weight is 413 g/mol. The number of hydrogen-bond acceptors (Lipinski definition) is 5. The van der Waals surface area contributed by atoms with Gasteiger partial charge in [-0.3, -0.25) is 14.6 Å². The summed E-state index contributed by atoms with van der Waals surface area (Å²) in [4.78, 5) is 31.9. The van der Waals surface area contributed by atoms with Gasteiger partial charge in [-0.15, -0.1) is 0 Å². The maximum atomic E-state index is 15.0. The lowest BCUT2D eigenvalue weighted by Gasteiger charge is -2.28. The summed E-state index contributed by atoms with van der Waals surface area (Å²) in [5.74, 6) is -0.660. The molecule has 0 bridgehead atoms. The largest absolute Gasteiger partial charge is 0.466 e. The summed E-state index contributed by atoms with van der Waals surface area (Å²) in [5, 5.41) is 0. The number of carbonyl (C=O) groups is 2. The second-order valence-corrected chi connectivity index (χ2v) is 7.92. The van der Waals surface area contributed by atoms with Gasteiger partial charge in [-0.2, -0.15) is 0 Å². The highest BCUT2D eigenvalue weighted by atomic mass is 19.1. The zero-order valence-electron chi connectivity index (χ0n) is 17.7. The number of amides is 1. The van der Waals surface area contributed by atoms with Crippen LogP contribution in [0.15, 0.2) is 18.2 Å². The third-order valence-electron chi connectivity index (χ3n) is 5.80. The summed E-state index contributed by atoms with van der Waals surface area (Å²) in [6.45, 7) is 5.65. The summed E-state index contributed by atoms with van der Waals surface area (Å²) in [7, 11) is 0. The molecule has 1 aliphatic carbocycles. The third kappa shape index (κ3) is 4.83. The number of primary amides is 1. The van der Waals surface area contributed by atoms with Crippen LogP contribution in [0.1, 0.15) is 72.4 Å². The molecule has 6 nitrogen and oxygen atoms in total. The minimum atomic E-state index is -0.655. The molecular formula is C23H28FN3O3. The molecule has 160 valence electrons. The van der Waals surface area contributed by atoms with Crippen molar-refractivity contribution in [2.24, 2.45) is 11.7 Å². The second kappa shape index (κ2) is 9.32. The van der Waals surface area contributed by atoms with E-state index in [-0.39, 0.29) is 23.4 Å². The Bertz CT molecular complexity index is 953. The fourth-order valence-electron chi connectivity index (χ4n) is 4.28. The Hall–Kier alpha value is -2.83. The lowest BCUT2D eigenvalue weighted by molar-refractivity contribution is -0.144. The fourth-order valence-corrected chi connectivity index (χ4v) is 4.28. The summed E-state index contributed by atoms with van der Waals surface area (Å²) in [6, 6.07) is 5.07. The van der Waals surface area contributed by atoms with Gasteiger partial charge in [-0.1, -0.05) is 12.1 Å². The quantitative estimate of drug-likeness (QED) is 0.715. The number of rotatable bonds is 6. The number of benzene rings is 1. The van der Waals surface area contributed by atoms with Crippen molar-refractivity contribution in [3.05, 3.63) is 46.7 Å². The van der Waals surface area contributed by atoms with Crippen molar-refractivity contribution in [3.63, 3.8) is 0 Å². The highest BCUT2D eigenvalue weighted by molar-refractivity contribution is 5.92. The van der Waals surface area contributed by atoms with Crippen LogP contribution < -0.4 is 5.73 Å². The summed E-state index contributed by atoms with van der Waals surface area (Å²) < 4.78 is 20.0. The molecule has 2 aromatic rings. The Kier molecular flexibility index (Phi) is 6.80. The first-order valence-electron chi connectivity index (χ1n) is 10.4. The van der Waals surface area contributed by atoms with Gasteiger partial charge in [0.05, 0.1) is 23.7 Å². The van der Waals surface area contributed by atoms with E-state index in [0.29, 0.717) is 47.2 Å². The van der Waals surface area contributed by atoms with Gasteiger partial charge < -0.3 is 10.5 Å². The molecule has 30 heavy (non-hydrogen) atoms. The van der Waals surface area contributed by atoms with Crippen molar-refractivity contribution in [2.75, 3.05) is 6.61 Å². The number of ether oxygens (including phenoxy) is 1. The van der Waals surface area contributed by atoms with E-state index in [1.54, 1.807) is 26.8 Å². The fraction of sp³-hybridized carbons (Fsp3) is 0.478. The Balaban J connectivity index is 1.75. The van der Waals surface area contributed by atoms with Gasteiger partial charge in [0.25, 0.3) is 5.91 Å². The highest BCUT2D eigenvalue weighted by Gasteiger charge is 2.26. The molecule has 0 spiro atoms. The van der Waals surface area contributed by atoms with Crippen molar-refractivity contribution in [2.45, 2.75) is 58.8 Å². The highest BCUT2D eigenvalue weighted by Crippen LogP contribution is 2.39. The van der Waals surface area contributed by atoms with Gasteiger partial charge in [0.1, 0.15) is 11.5 Å². The number of esters is 1. The van der Waals surface area contributed by atoms with Gasteiger partial charge in [0.15, 0.2) is 0 Å². The smallest absolute Gasteiger partial charge is 0.306 e. The molecule has 3 rings (SSSR count). The van der Waals surface area contributed by atoms with Crippen molar-refractivity contribution in [1.29, 1.82) is 0 Å². The molecular weight excluding hydrogens is 385 g/mol. The van der Waals surface area contributed by atoms with E-state index in [0.717, 1.165) is 25.7 Å². The first kappa shape index (κ1) is 21.9. The molecule has 0 aliphatic heterocycles. The number of hydrogen-bond donors (Lipinski definition) is 1. The van der Waals surface area contributed by atoms with Gasteiger partial charge in [-0.25, -0.2) is 9.37 Å². The molecule has 0 radical (unpaired) electrons. The van der Waals surface area contributed by atoms with Crippen LogP contribution in [0, 0.1) is 25.6 Å². The molecule has 0 saturated heterocycles. The Labute approximate surface area is 176 Å². The van der Waals surface area contributed by atoms with Gasteiger partial charge in [-0.05, 0) is 69.9 Å². The van der Waals surface area contributed by atoms with Crippen molar-refractivity contribution in [1.82, 2.24) is 9.97 Å². The molecule has 1 amide bonds. The predicted molar refractivity (Wildman–Crippen MR) is 111 cm³/mol. The molecule has 1 aromatic carbocycles. The average Bonchev–Trinajstić information content (AvgIpc) is 2.68. The van der Waals surface area contributed by atoms with Crippen LogP contribution in [0.25, 0.3) is 11.3 Å². The van der Waals surface area contributed by atoms with Crippen LogP contribution in [0.3, 0.4) is 0 Å². The van der Waals surface area contributed by atoms with E-state index < -0.39 is 5.91 Å². The first-order valence-corrected chi connectivity index (χ1v) is 10.4. The van der Waals surface area contributed by atoms with Gasteiger partial charge >= 0.3 is 5.97 Å². The summed E-state index contributed by atoms with van der Waals surface area (Å²) in [5.41, 5.74) is 8.26. The maximum absolute atomic E-state index is 15.0. The summed E-state index contributed by atoms with van der Waals surface area (Å²) in [6.07, 6.45) is 3.89. The second-order valence-electron chi connectivity index (χ2n) is 7.92. The molecule has 1 aliphatic rings. The van der Waals surface area contributed by atoms with Crippen LogP contribution in [0.4, 0.5) is 4.39 Å². The van der Waals surface area contributed by atoms with Crippen LogP contribution in [0.2, 0.25) is 0 Å². The van der Waals surface area contributed by atoms with E-state index in [2.05, 4.69) is 9.97 Å². The van der Waals surface area contributed by atoms with E-state index in [4.69, 9.17) is 10.5 Å². The molecule has 1 aromatic heterocycles. The molecule has 1 heterocycles. The van der Waals surface area contributed by atoms with Crippen LogP contribution in [0.5, 0.6) is 0 Å². The Morgan fingerprint density at radius 3 is 2.43 bits per heavy atom. The molecule has 1 saturated carbocycles. The van der Waals surface area contributed by atoms with E-state index in [1.807, 2.05) is 6.07 Å². The van der Waals surface area contributed by atoms with E-state index in [1.165, 1.54) is 6.07 Å². The predicted octanol–water partition coefficient (Wildman–Crippen LogP) is 4.23. The molecule has 7 heteroatoms.